The fourth-order valence-corrected chi connectivity index (χ4v) is 1.81. The minimum absolute atomic E-state index is 0.115. The number of amides is 1. The first-order chi connectivity index (χ1) is 7.95. The molecule has 0 saturated heterocycles. The second-order valence-electron chi connectivity index (χ2n) is 5.16. The average Bonchev–Trinajstić information content (AvgIpc) is 3.07. The molecule has 0 unspecified atom stereocenters. The summed E-state index contributed by atoms with van der Waals surface area (Å²) in [6.07, 6.45) is 2.20. The first-order valence-corrected chi connectivity index (χ1v) is 6.04. The van der Waals surface area contributed by atoms with E-state index in [2.05, 4.69) is 5.32 Å². The van der Waals surface area contributed by atoms with Crippen molar-refractivity contribution in [2.45, 2.75) is 39.2 Å². The highest BCUT2D eigenvalue weighted by molar-refractivity contribution is 5.89. The quantitative estimate of drug-likeness (QED) is 0.662. The van der Waals surface area contributed by atoms with Gasteiger partial charge in [-0.2, -0.15) is 0 Å². The van der Waals surface area contributed by atoms with Crippen LogP contribution < -0.4 is 11.1 Å². The second kappa shape index (κ2) is 5.49. The maximum Gasteiger partial charge on any atom is 0.328 e. The van der Waals surface area contributed by atoms with Gasteiger partial charge in [-0.1, -0.05) is 13.8 Å². The Morgan fingerprint density at radius 3 is 2.35 bits per heavy atom. The van der Waals surface area contributed by atoms with Crippen molar-refractivity contribution in [3.8, 4) is 0 Å². The van der Waals surface area contributed by atoms with Gasteiger partial charge in [-0.3, -0.25) is 4.79 Å². The highest BCUT2D eigenvalue weighted by atomic mass is 16.5. The highest BCUT2D eigenvalue weighted by Gasteiger charge is 2.49. The van der Waals surface area contributed by atoms with Gasteiger partial charge in [0.05, 0.1) is 12.5 Å². The van der Waals surface area contributed by atoms with Crippen molar-refractivity contribution in [1.29, 1.82) is 0 Å². The summed E-state index contributed by atoms with van der Waals surface area (Å²) in [5.74, 6) is -0.191. The van der Waals surface area contributed by atoms with Gasteiger partial charge in [-0.05, 0) is 25.2 Å². The fraction of sp³-hybridized carbons (Fsp3) is 0.833. The zero-order valence-corrected chi connectivity index (χ0v) is 10.8. The van der Waals surface area contributed by atoms with E-state index < -0.39 is 11.5 Å². The van der Waals surface area contributed by atoms with Crippen molar-refractivity contribution in [2.24, 2.45) is 17.1 Å². The predicted octanol–water partition coefficient (Wildman–Crippen LogP) is 0.429. The van der Waals surface area contributed by atoms with Crippen molar-refractivity contribution < 1.29 is 14.3 Å². The molecule has 0 aromatic heterocycles. The van der Waals surface area contributed by atoms with Crippen molar-refractivity contribution in [3.63, 3.8) is 0 Å². The van der Waals surface area contributed by atoms with Crippen LogP contribution in [0.4, 0.5) is 0 Å². The number of carbonyl (C=O) groups excluding carboxylic acids is 2. The van der Waals surface area contributed by atoms with Crippen molar-refractivity contribution in [1.82, 2.24) is 5.32 Å². The molecule has 1 saturated carbocycles. The molecule has 0 aromatic rings. The topological polar surface area (TPSA) is 81.4 Å². The molecule has 0 bridgehead atoms. The van der Waals surface area contributed by atoms with E-state index in [1.54, 1.807) is 0 Å². The maximum atomic E-state index is 12.0. The van der Waals surface area contributed by atoms with Gasteiger partial charge in [-0.15, -0.1) is 0 Å². The third kappa shape index (κ3) is 3.43. The Labute approximate surface area is 102 Å². The van der Waals surface area contributed by atoms with E-state index >= 15 is 0 Å². The largest absolute Gasteiger partial charge is 0.467 e. The Morgan fingerprint density at radius 2 is 2.00 bits per heavy atom. The smallest absolute Gasteiger partial charge is 0.328 e. The molecule has 5 nitrogen and oxygen atoms in total. The molecule has 1 aliphatic carbocycles. The van der Waals surface area contributed by atoms with Crippen LogP contribution in [0.1, 0.15) is 33.1 Å². The number of rotatable bonds is 6. The van der Waals surface area contributed by atoms with Gasteiger partial charge in [0.1, 0.15) is 6.04 Å². The lowest BCUT2D eigenvalue weighted by molar-refractivity contribution is -0.146. The summed E-state index contributed by atoms with van der Waals surface area (Å²) in [5, 5.41) is 2.76. The number of nitrogens with one attached hydrogen (secondary N) is 1. The molecular formula is C12H22N2O3. The molecule has 1 aliphatic rings. The molecule has 3 N–H and O–H groups in total. The first-order valence-electron chi connectivity index (χ1n) is 6.04. The number of esters is 1. The third-order valence-electron chi connectivity index (χ3n) is 3.22. The van der Waals surface area contributed by atoms with E-state index in [0.29, 0.717) is 18.9 Å². The number of nitrogens with two attached hydrogens (primary N) is 1. The Kier molecular flexibility index (Phi) is 4.51. The number of hydrogen-bond acceptors (Lipinski definition) is 4. The van der Waals surface area contributed by atoms with E-state index in [-0.39, 0.29) is 11.9 Å². The SMILES string of the molecule is COC(=O)[C@H](CC(C)C)NC(=O)C1(CN)CC1. The van der Waals surface area contributed by atoms with Crippen LogP contribution in [0.25, 0.3) is 0 Å². The molecular weight excluding hydrogens is 220 g/mol. The van der Waals surface area contributed by atoms with Gasteiger partial charge < -0.3 is 15.8 Å². The summed E-state index contributed by atoms with van der Waals surface area (Å²) in [5.41, 5.74) is 5.15. The van der Waals surface area contributed by atoms with E-state index in [9.17, 15) is 9.59 Å². The summed E-state index contributed by atoms with van der Waals surface area (Å²) >= 11 is 0. The van der Waals surface area contributed by atoms with Crippen molar-refractivity contribution >= 4 is 11.9 Å². The van der Waals surface area contributed by atoms with Crippen molar-refractivity contribution in [2.75, 3.05) is 13.7 Å². The molecule has 0 heterocycles. The minimum atomic E-state index is -0.559. The molecule has 0 radical (unpaired) electrons. The van der Waals surface area contributed by atoms with Crippen molar-refractivity contribution in [3.05, 3.63) is 0 Å². The Balaban J connectivity index is 2.60. The van der Waals surface area contributed by atoms with E-state index in [4.69, 9.17) is 10.5 Å². The summed E-state index contributed by atoms with van der Waals surface area (Å²) in [6, 6.07) is -0.559. The van der Waals surface area contributed by atoms with Gasteiger partial charge in [-0.25, -0.2) is 4.79 Å². The summed E-state index contributed by atoms with van der Waals surface area (Å²) in [6.45, 7) is 4.34. The Morgan fingerprint density at radius 1 is 1.41 bits per heavy atom. The minimum Gasteiger partial charge on any atom is -0.467 e. The van der Waals surface area contributed by atoms with Gasteiger partial charge in [0.2, 0.25) is 5.91 Å². The van der Waals surface area contributed by atoms with E-state index in [0.717, 1.165) is 12.8 Å². The number of ether oxygens (including phenoxy) is 1. The van der Waals surface area contributed by atoms with Crippen LogP contribution in [0.3, 0.4) is 0 Å². The van der Waals surface area contributed by atoms with Crippen LogP contribution in [0.2, 0.25) is 0 Å². The van der Waals surface area contributed by atoms with Gasteiger partial charge in [0.15, 0.2) is 0 Å². The molecule has 0 spiro atoms. The summed E-state index contributed by atoms with van der Waals surface area (Å²) in [7, 11) is 1.33. The predicted molar refractivity (Wildman–Crippen MR) is 64.1 cm³/mol. The number of methoxy groups -OCH3 is 1. The van der Waals surface area contributed by atoms with Crippen LogP contribution in [0.15, 0.2) is 0 Å². The average molecular weight is 242 g/mol. The molecule has 1 rings (SSSR count). The fourth-order valence-electron chi connectivity index (χ4n) is 1.81. The number of carbonyl (C=O) groups is 2. The lowest BCUT2D eigenvalue weighted by Gasteiger charge is -2.21. The van der Waals surface area contributed by atoms with Gasteiger partial charge >= 0.3 is 5.97 Å². The monoisotopic (exact) mass is 242 g/mol. The van der Waals surface area contributed by atoms with Crippen LogP contribution >= 0.6 is 0 Å². The van der Waals surface area contributed by atoms with Gasteiger partial charge in [0, 0.05) is 6.54 Å². The normalized spacial score (nSPS) is 18.6. The lowest BCUT2D eigenvalue weighted by Crippen LogP contribution is -2.47. The molecule has 5 heteroatoms. The van der Waals surface area contributed by atoms with E-state index in [1.807, 2.05) is 13.8 Å². The molecule has 0 aliphatic heterocycles. The first kappa shape index (κ1) is 14.0. The second-order valence-corrected chi connectivity index (χ2v) is 5.16. The molecule has 1 amide bonds. The molecule has 0 aromatic carbocycles. The molecule has 1 atom stereocenters. The standard InChI is InChI=1S/C12H22N2O3/c1-8(2)6-9(10(15)17-3)14-11(16)12(7-13)4-5-12/h8-9H,4-7,13H2,1-3H3,(H,14,16)/t9-/m0/s1. The molecule has 17 heavy (non-hydrogen) atoms. The van der Waals surface area contributed by atoms with Crippen LogP contribution in [-0.2, 0) is 14.3 Å². The van der Waals surface area contributed by atoms with Crippen LogP contribution in [0, 0.1) is 11.3 Å². The maximum absolute atomic E-state index is 12.0. The lowest BCUT2D eigenvalue weighted by atomic mass is 10.0. The van der Waals surface area contributed by atoms with Crippen LogP contribution in [-0.4, -0.2) is 31.6 Å². The zero-order chi connectivity index (χ0) is 13.1. The molecule has 1 fully saturated rings. The van der Waals surface area contributed by atoms with Crippen LogP contribution in [0.5, 0.6) is 0 Å². The van der Waals surface area contributed by atoms with E-state index in [1.165, 1.54) is 7.11 Å². The highest BCUT2D eigenvalue weighted by Crippen LogP contribution is 2.44. The molecule has 98 valence electrons. The third-order valence-corrected chi connectivity index (χ3v) is 3.22. The van der Waals surface area contributed by atoms with Gasteiger partial charge in [0.25, 0.3) is 0 Å². The Hall–Kier alpha value is -1.10. The number of hydrogen-bond donors (Lipinski definition) is 2. The zero-order valence-electron chi connectivity index (χ0n) is 10.8. The summed E-state index contributed by atoms with van der Waals surface area (Å²) in [4.78, 5) is 23.5. The summed E-state index contributed by atoms with van der Waals surface area (Å²) < 4.78 is 4.70. The Bertz CT molecular complexity index is 298.